The van der Waals surface area contributed by atoms with E-state index in [-0.39, 0.29) is 31.1 Å². The number of amides is 1. The monoisotopic (exact) mass is 426 g/mol. The molecule has 0 radical (unpaired) electrons. The summed E-state index contributed by atoms with van der Waals surface area (Å²) in [4.78, 5) is 26.5. The minimum Gasteiger partial charge on any atom is -0.338 e. The van der Waals surface area contributed by atoms with Gasteiger partial charge in [0.05, 0.1) is 11.9 Å². The molecule has 0 bridgehead atoms. The number of carbonyl (C=O) groups excluding carboxylic acids is 1. The molecule has 8 nitrogen and oxygen atoms in total. The SMILES string of the molecule is CS(=O)(=O)N1CCN(C(=O)Cn2nc(-c3ccc4ccccc4c3)ccc2=O)CC1. The zero-order valence-electron chi connectivity index (χ0n) is 16.6. The highest BCUT2D eigenvalue weighted by atomic mass is 32.2. The van der Waals surface area contributed by atoms with Crippen LogP contribution in [0.4, 0.5) is 0 Å². The third kappa shape index (κ3) is 4.27. The molecule has 0 aliphatic carbocycles. The Morgan fingerprint density at radius 2 is 1.67 bits per heavy atom. The van der Waals surface area contributed by atoms with Crippen molar-refractivity contribution < 1.29 is 13.2 Å². The maximum Gasteiger partial charge on any atom is 0.267 e. The second-order valence-electron chi connectivity index (χ2n) is 7.32. The van der Waals surface area contributed by atoms with Crippen molar-refractivity contribution in [3.8, 4) is 11.3 Å². The van der Waals surface area contributed by atoms with Gasteiger partial charge < -0.3 is 4.90 Å². The molecule has 1 fully saturated rings. The lowest BCUT2D eigenvalue weighted by atomic mass is 10.1. The predicted molar refractivity (Wildman–Crippen MR) is 114 cm³/mol. The van der Waals surface area contributed by atoms with Crippen molar-refractivity contribution in [3.05, 3.63) is 65.0 Å². The van der Waals surface area contributed by atoms with Crippen LogP contribution in [0.3, 0.4) is 0 Å². The number of piperazine rings is 1. The molecule has 30 heavy (non-hydrogen) atoms. The van der Waals surface area contributed by atoms with Crippen molar-refractivity contribution in [3.63, 3.8) is 0 Å². The van der Waals surface area contributed by atoms with Gasteiger partial charge >= 0.3 is 0 Å². The molecule has 2 heterocycles. The van der Waals surface area contributed by atoms with Crippen LogP contribution in [0.2, 0.25) is 0 Å². The summed E-state index contributed by atoms with van der Waals surface area (Å²) in [7, 11) is -3.26. The third-order valence-electron chi connectivity index (χ3n) is 5.26. The van der Waals surface area contributed by atoms with E-state index in [1.165, 1.54) is 10.4 Å². The molecule has 1 aromatic heterocycles. The average molecular weight is 426 g/mol. The van der Waals surface area contributed by atoms with E-state index in [9.17, 15) is 18.0 Å². The first kappa shape index (κ1) is 20.2. The van der Waals surface area contributed by atoms with Gasteiger partial charge in [0.15, 0.2) is 0 Å². The normalized spacial score (nSPS) is 15.4. The molecule has 1 aliphatic heterocycles. The summed E-state index contributed by atoms with van der Waals surface area (Å²) < 4.78 is 25.8. The van der Waals surface area contributed by atoms with E-state index in [2.05, 4.69) is 5.10 Å². The summed E-state index contributed by atoms with van der Waals surface area (Å²) in [6.45, 7) is 0.920. The van der Waals surface area contributed by atoms with Gasteiger partial charge in [0.25, 0.3) is 5.56 Å². The molecule has 0 unspecified atom stereocenters. The van der Waals surface area contributed by atoms with E-state index < -0.39 is 10.0 Å². The van der Waals surface area contributed by atoms with Crippen LogP contribution in [0.5, 0.6) is 0 Å². The highest BCUT2D eigenvalue weighted by Gasteiger charge is 2.26. The van der Waals surface area contributed by atoms with E-state index >= 15 is 0 Å². The zero-order valence-corrected chi connectivity index (χ0v) is 17.4. The fourth-order valence-corrected chi connectivity index (χ4v) is 4.39. The Kier molecular flexibility index (Phi) is 5.40. The number of carbonyl (C=O) groups is 1. The van der Waals surface area contributed by atoms with Crippen LogP contribution in [0.25, 0.3) is 22.0 Å². The summed E-state index contributed by atoms with van der Waals surface area (Å²) in [5.41, 5.74) is 1.11. The largest absolute Gasteiger partial charge is 0.338 e. The molecule has 1 aliphatic rings. The Balaban J connectivity index is 1.52. The van der Waals surface area contributed by atoms with Gasteiger partial charge in [-0.3, -0.25) is 9.59 Å². The Morgan fingerprint density at radius 3 is 2.37 bits per heavy atom. The molecule has 1 amide bonds. The topological polar surface area (TPSA) is 92.6 Å². The first-order valence-corrected chi connectivity index (χ1v) is 11.5. The maximum atomic E-state index is 12.7. The van der Waals surface area contributed by atoms with Gasteiger partial charge in [-0.05, 0) is 22.9 Å². The summed E-state index contributed by atoms with van der Waals surface area (Å²) in [5, 5.41) is 6.56. The van der Waals surface area contributed by atoms with Crippen molar-refractivity contribution >= 4 is 26.7 Å². The van der Waals surface area contributed by atoms with E-state index in [0.717, 1.165) is 27.3 Å². The molecule has 156 valence electrons. The van der Waals surface area contributed by atoms with Crippen molar-refractivity contribution in [2.45, 2.75) is 6.54 Å². The van der Waals surface area contributed by atoms with E-state index in [1.807, 2.05) is 42.5 Å². The number of nitrogens with zero attached hydrogens (tertiary/aromatic N) is 4. The van der Waals surface area contributed by atoms with Gasteiger partial charge in [-0.15, -0.1) is 0 Å². The molecule has 1 saturated heterocycles. The quantitative estimate of drug-likeness (QED) is 0.624. The number of sulfonamides is 1. The molecule has 0 saturated carbocycles. The molecule has 0 atom stereocenters. The van der Waals surface area contributed by atoms with E-state index in [4.69, 9.17) is 0 Å². The van der Waals surface area contributed by atoms with Gasteiger partial charge in [0, 0.05) is 37.8 Å². The fraction of sp³-hybridized carbons (Fsp3) is 0.286. The lowest BCUT2D eigenvalue weighted by Gasteiger charge is -2.33. The standard InChI is InChI=1S/C21H22N4O4S/c1-30(28,29)24-12-10-23(11-13-24)21(27)15-25-20(26)9-8-19(22-25)18-7-6-16-4-2-3-5-17(16)14-18/h2-9,14H,10-13,15H2,1H3. The molecular weight excluding hydrogens is 404 g/mol. The number of hydrogen-bond acceptors (Lipinski definition) is 5. The molecule has 0 N–H and O–H groups in total. The Hall–Kier alpha value is -3.04. The van der Waals surface area contributed by atoms with Crippen LogP contribution in [0.1, 0.15) is 0 Å². The molecule has 9 heteroatoms. The first-order valence-electron chi connectivity index (χ1n) is 9.61. The first-order chi connectivity index (χ1) is 14.3. The van der Waals surface area contributed by atoms with Crippen LogP contribution in [-0.4, -0.2) is 65.7 Å². The van der Waals surface area contributed by atoms with Crippen molar-refractivity contribution in [1.29, 1.82) is 0 Å². The fourth-order valence-electron chi connectivity index (χ4n) is 3.56. The summed E-state index contributed by atoms with van der Waals surface area (Å²) in [6.07, 6.45) is 1.16. The Labute approximate surface area is 174 Å². The van der Waals surface area contributed by atoms with E-state index in [0.29, 0.717) is 18.8 Å². The lowest BCUT2D eigenvalue weighted by molar-refractivity contribution is -0.133. The predicted octanol–water partition coefficient (Wildman–Crippen LogP) is 1.17. The Morgan fingerprint density at radius 1 is 0.967 bits per heavy atom. The summed E-state index contributed by atoms with van der Waals surface area (Å²) in [6, 6.07) is 17.0. The van der Waals surface area contributed by atoms with Crippen LogP contribution >= 0.6 is 0 Å². The van der Waals surface area contributed by atoms with Crippen molar-refractivity contribution in [1.82, 2.24) is 19.0 Å². The molecule has 3 aromatic rings. The number of rotatable bonds is 4. The molecule has 4 rings (SSSR count). The van der Waals surface area contributed by atoms with Crippen LogP contribution < -0.4 is 5.56 Å². The lowest BCUT2D eigenvalue weighted by Crippen LogP contribution is -2.51. The summed E-state index contributed by atoms with van der Waals surface area (Å²) >= 11 is 0. The average Bonchev–Trinajstić information content (AvgIpc) is 2.74. The molecular formula is C21H22N4O4S. The number of aromatic nitrogens is 2. The third-order valence-corrected chi connectivity index (χ3v) is 6.56. The second kappa shape index (κ2) is 8.00. The summed E-state index contributed by atoms with van der Waals surface area (Å²) in [5.74, 6) is -0.256. The van der Waals surface area contributed by atoms with Gasteiger partial charge in [0.1, 0.15) is 6.54 Å². The van der Waals surface area contributed by atoms with Crippen LogP contribution in [-0.2, 0) is 21.4 Å². The van der Waals surface area contributed by atoms with Gasteiger partial charge in [0.2, 0.25) is 15.9 Å². The van der Waals surface area contributed by atoms with Crippen LogP contribution in [0.15, 0.2) is 59.4 Å². The van der Waals surface area contributed by atoms with Gasteiger partial charge in [-0.25, -0.2) is 13.1 Å². The minimum atomic E-state index is -3.26. The number of benzene rings is 2. The Bertz CT molecular complexity index is 1260. The number of hydrogen-bond donors (Lipinski definition) is 0. The highest BCUT2D eigenvalue weighted by Crippen LogP contribution is 2.22. The van der Waals surface area contributed by atoms with E-state index in [1.54, 1.807) is 11.0 Å². The highest BCUT2D eigenvalue weighted by molar-refractivity contribution is 7.88. The minimum absolute atomic E-state index is 0.181. The van der Waals surface area contributed by atoms with Gasteiger partial charge in [-0.1, -0.05) is 36.4 Å². The molecule has 2 aromatic carbocycles. The van der Waals surface area contributed by atoms with Gasteiger partial charge in [-0.2, -0.15) is 9.40 Å². The maximum absolute atomic E-state index is 12.7. The van der Waals surface area contributed by atoms with Crippen molar-refractivity contribution in [2.24, 2.45) is 0 Å². The second-order valence-corrected chi connectivity index (χ2v) is 9.30. The zero-order chi connectivity index (χ0) is 21.3. The smallest absolute Gasteiger partial charge is 0.267 e. The van der Waals surface area contributed by atoms with Crippen LogP contribution in [0, 0.1) is 0 Å². The molecule has 0 spiro atoms. The number of fused-ring (bicyclic) bond motifs is 1. The van der Waals surface area contributed by atoms with Crippen molar-refractivity contribution in [2.75, 3.05) is 32.4 Å².